The monoisotopic (exact) mass is 272 g/mol. The zero-order valence-electron chi connectivity index (χ0n) is 9.68. The second kappa shape index (κ2) is 6.44. The van der Waals surface area contributed by atoms with Crippen molar-refractivity contribution in [2.45, 2.75) is 29.1 Å². The van der Waals surface area contributed by atoms with Crippen molar-refractivity contribution in [2.24, 2.45) is 5.84 Å². The highest BCUT2D eigenvalue weighted by atomic mass is 32.2. The third-order valence-corrected chi connectivity index (χ3v) is 4.04. The van der Waals surface area contributed by atoms with Crippen LogP contribution in [0.15, 0.2) is 16.2 Å². The minimum Gasteiger partial charge on any atom is -0.377 e. The Kier molecular flexibility index (Phi) is 4.90. The van der Waals surface area contributed by atoms with Gasteiger partial charge in [0.05, 0.1) is 6.10 Å². The van der Waals surface area contributed by atoms with Crippen molar-refractivity contribution in [3.63, 3.8) is 0 Å². The van der Waals surface area contributed by atoms with Gasteiger partial charge in [-0.15, -0.1) is 11.8 Å². The first-order valence-corrected chi connectivity index (χ1v) is 7.67. The Hall–Kier alpha value is -0.500. The van der Waals surface area contributed by atoms with E-state index in [-0.39, 0.29) is 0 Å². The van der Waals surface area contributed by atoms with Crippen LogP contribution >= 0.6 is 23.5 Å². The van der Waals surface area contributed by atoms with Crippen LogP contribution in [-0.4, -0.2) is 34.7 Å². The number of hydrogen-bond acceptors (Lipinski definition) is 7. The molecule has 0 aliphatic carbocycles. The van der Waals surface area contributed by atoms with Crippen molar-refractivity contribution in [1.82, 2.24) is 9.97 Å². The summed E-state index contributed by atoms with van der Waals surface area (Å²) in [6.45, 7) is 0.890. The SMILES string of the molecule is CSc1nc(NN)cc(SCC2CCCO2)n1. The molecular formula is C10H16N4OS2. The highest BCUT2D eigenvalue weighted by molar-refractivity contribution is 7.99. The number of thioether (sulfide) groups is 2. The lowest BCUT2D eigenvalue weighted by Gasteiger charge is -2.09. The molecule has 0 radical (unpaired) electrons. The van der Waals surface area contributed by atoms with Gasteiger partial charge in [0.25, 0.3) is 0 Å². The third-order valence-electron chi connectivity index (χ3n) is 2.45. The van der Waals surface area contributed by atoms with Crippen LogP contribution in [0.2, 0.25) is 0 Å². The molecule has 1 aromatic heterocycles. The molecule has 1 atom stereocenters. The van der Waals surface area contributed by atoms with Gasteiger partial charge in [0.15, 0.2) is 5.16 Å². The standard InChI is InChI=1S/C10H16N4OS2/c1-16-10-12-8(14-11)5-9(13-10)17-6-7-3-2-4-15-7/h5,7H,2-4,6,11H2,1H3,(H,12,13,14). The quantitative estimate of drug-likeness (QED) is 0.278. The molecule has 1 aliphatic rings. The fourth-order valence-electron chi connectivity index (χ4n) is 1.60. The molecule has 1 saturated heterocycles. The van der Waals surface area contributed by atoms with Gasteiger partial charge in [0.1, 0.15) is 10.8 Å². The number of ether oxygens (including phenoxy) is 1. The molecule has 0 saturated carbocycles. The molecule has 1 aromatic rings. The third kappa shape index (κ3) is 3.74. The Morgan fingerprint density at radius 3 is 3.12 bits per heavy atom. The summed E-state index contributed by atoms with van der Waals surface area (Å²) in [6, 6.07) is 1.86. The molecule has 3 N–H and O–H groups in total. The van der Waals surface area contributed by atoms with Crippen LogP contribution < -0.4 is 11.3 Å². The van der Waals surface area contributed by atoms with E-state index >= 15 is 0 Å². The molecule has 0 amide bonds. The zero-order valence-corrected chi connectivity index (χ0v) is 11.3. The van der Waals surface area contributed by atoms with E-state index in [0.717, 1.165) is 29.0 Å². The predicted molar refractivity (Wildman–Crippen MR) is 71.3 cm³/mol. The van der Waals surface area contributed by atoms with Crippen LogP contribution in [0.25, 0.3) is 0 Å². The second-order valence-electron chi connectivity index (χ2n) is 3.67. The second-order valence-corrected chi connectivity index (χ2v) is 5.48. The van der Waals surface area contributed by atoms with Crippen LogP contribution in [0, 0.1) is 0 Å². The molecule has 1 unspecified atom stereocenters. The highest BCUT2D eigenvalue weighted by Crippen LogP contribution is 2.25. The summed E-state index contributed by atoms with van der Waals surface area (Å²) in [4.78, 5) is 8.65. The highest BCUT2D eigenvalue weighted by Gasteiger charge is 2.16. The average molecular weight is 272 g/mol. The van der Waals surface area contributed by atoms with E-state index in [1.807, 2.05) is 12.3 Å². The number of anilines is 1. The molecule has 94 valence electrons. The lowest BCUT2D eigenvalue weighted by atomic mass is 10.3. The van der Waals surface area contributed by atoms with E-state index < -0.39 is 0 Å². The molecular weight excluding hydrogens is 256 g/mol. The molecule has 1 fully saturated rings. The maximum atomic E-state index is 5.58. The van der Waals surface area contributed by atoms with Gasteiger partial charge in [0, 0.05) is 18.4 Å². The largest absolute Gasteiger partial charge is 0.377 e. The van der Waals surface area contributed by atoms with Crippen LogP contribution in [0.5, 0.6) is 0 Å². The van der Waals surface area contributed by atoms with Gasteiger partial charge in [-0.05, 0) is 19.1 Å². The molecule has 2 heterocycles. The lowest BCUT2D eigenvalue weighted by molar-refractivity contribution is 0.129. The van der Waals surface area contributed by atoms with Gasteiger partial charge in [-0.3, -0.25) is 0 Å². The Bertz CT molecular complexity index is 349. The predicted octanol–water partition coefficient (Wildman–Crippen LogP) is 1.76. The Labute approximate surface area is 109 Å². The van der Waals surface area contributed by atoms with Crippen LogP contribution in [0.1, 0.15) is 12.8 Å². The molecule has 2 rings (SSSR count). The molecule has 17 heavy (non-hydrogen) atoms. The van der Waals surface area contributed by atoms with E-state index in [2.05, 4.69) is 15.4 Å². The van der Waals surface area contributed by atoms with Crippen molar-refractivity contribution >= 4 is 29.3 Å². The molecule has 0 bridgehead atoms. The van der Waals surface area contributed by atoms with E-state index in [1.165, 1.54) is 18.2 Å². The minimum atomic E-state index is 0.363. The summed E-state index contributed by atoms with van der Waals surface area (Å²) in [5.74, 6) is 6.97. The number of nitrogens with two attached hydrogens (primary N) is 1. The summed E-state index contributed by atoms with van der Waals surface area (Å²) in [6.07, 6.45) is 4.63. The normalized spacial score (nSPS) is 19.5. The first-order chi connectivity index (χ1) is 8.31. The number of nitrogens with zero attached hydrogens (tertiary/aromatic N) is 2. The van der Waals surface area contributed by atoms with Gasteiger partial charge in [0.2, 0.25) is 0 Å². The first-order valence-electron chi connectivity index (χ1n) is 5.46. The summed E-state index contributed by atoms with van der Waals surface area (Å²) in [5.41, 5.74) is 2.56. The smallest absolute Gasteiger partial charge is 0.190 e. The number of rotatable bonds is 5. The van der Waals surface area contributed by atoms with Crippen molar-refractivity contribution in [3.8, 4) is 0 Å². The summed E-state index contributed by atoms with van der Waals surface area (Å²) in [7, 11) is 0. The maximum Gasteiger partial charge on any atom is 0.190 e. The van der Waals surface area contributed by atoms with Gasteiger partial charge < -0.3 is 10.2 Å². The molecule has 7 heteroatoms. The van der Waals surface area contributed by atoms with Crippen LogP contribution in [0.3, 0.4) is 0 Å². The number of aromatic nitrogens is 2. The summed E-state index contributed by atoms with van der Waals surface area (Å²) in [5, 5.41) is 1.67. The minimum absolute atomic E-state index is 0.363. The topological polar surface area (TPSA) is 73.1 Å². The van der Waals surface area contributed by atoms with E-state index in [1.54, 1.807) is 11.8 Å². The van der Waals surface area contributed by atoms with Gasteiger partial charge >= 0.3 is 0 Å². The summed E-state index contributed by atoms with van der Waals surface area (Å²) >= 11 is 3.20. The number of nitrogen functional groups attached to an aromatic ring is 1. The Morgan fingerprint density at radius 2 is 2.47 bits per heavy atom. The van der Waals surface area contributed by atoms with Crippen LogP contribution in [0.4, 0.5) is 5.82 Å². The number of hydrogen-bond donors (Lipinski definition) is 2. The van der Waals surface area contributed by atoms with E-state index in [9.17, 15) is 0 Å². The first kappa shape index (κ1) is 12.9. The van der Waals surface area contributed by atoms with E-state index in [4.69, 9.17) is 10.6 Å². The zero-order chi connectivity index (χ0) is 12.1. The average Bonchev–Trinajstić information content (AvgIpc) is 2.89. The molecule has 1 aliphatic heterocycles. The van der Waals surface area contributed by atoms with Crippen molar-refractivity contribution in [2.75, 3.05) is 24.0 Å². The Morgan fingerprint density at radius 1 is 1.59 bits per heavy atom. The van der Waals surface area contributed by atoms with Gasteiger partial charge in [-0.2, -0.15) is 0 Å². The van der Waals surface area contributed by atoms with Gasteiger partial charge in [-0.1, -0.05) is 11.8 Å². The fraction of sp³-hybridized carbons (Fsp3) is 0.600. The number of hydrazine groups is 1. The summed E-state index contributed by atoms with van der Waals surface area (Å²) < 4.78 is 5.58. The van der Waals surface area contributed by atoms with Crippen molar-refractivity contribution in [1.29, 1.82) is 0 Å². The van der Waals surface area contributed by atoms with Crippen LogP contribution in [-0.2, 0) is 4.74 Å². The maximum absolute atomic E-state index is 5.58. The van der Waals surface area contributed by atoms with Gasteiger partial charge in [-0.25, -0.2) is 15.8 Å². The molecule has 0 spiro atoms. The Balaban J connectivity index is 1.98. The van der Waals surface area contributed by atoms with E-state index in [0.29, 0.717) is 11.9 Å². The molecule has 5 nitrogen and oxygen atoms in total. The molecule has 0 aromatic carbocycles. The lowest BCUT2D eigenvalue weighted by Crippen LogP contribution is -2.11. The number of nitrogens with one attached hydrogen (secondary N) is 1. The van der Waals surface area contributed by atoms with Crippen molar-refractivity contribution in [3.05, 3.63) is 6.07 Å². The fourth-order valence-corrected chi connectivity index (χ4v) is 3.00. The van der Waals surface area contributed by atoms with Crippen molar-refractivity contribution < 1.29 is 4.74 Å².